The van der Waals surface area contributed by atoms with Crippen molar-refractivity contribution in [2.24, 2.45) is 7.05 Å². The van der Waals surface area contributed by atoms with Crippen molar-refractivity contribution in [3.8, 4) is 0 Å². The molecular weight excluding hydrogens is 318 g/mol. The second-order valence-electron chi connectivity index (χ2n) is 5.70. The van der Waals surface area contributed by atoms with Gasteiger partial charge in [-0.05, 0) is 36.4 Å². The summed E-state index contributed by atoms with van der Waals surface area (Å²) in [5, 5.41) is 7.03. The SMILES string of the molecule is Cn1c(=O)c2ccnn2c2ccc(C(=O)NCc3ccccn3)cc21. The standard InChI is InChI=1S/C18H15N5O2/c1-22-16-10-12(17(24)20-11-13-4-2-3-8-19-13)5-6-14(16)23-15(18(22)25)7-9-21-23/h2-10H,11H2,1H3,(H,20,24). The Kier molecular flexibility index (Phi) is 3.53. The maximum absolute atomic E-state index is 12.4. The van der Waals surface area contributed by atoms with Gasteiger partial charge in [0.2, 0.25) is 0 Å². The fourth-order valence-electron chi connectivity index (χ4n) is 2.83. The first-order chi connectivity index (χ1) is 12.1. The smallest absolute Gasteiger partial charge is 0.276 e. The summed E-state index contributed by atoms with van der Waals surface area (Å²) in [7, 11) is 1.69. The van der Waals surface area contributed by atoms with Gasteiger partial charge in [-0.25, -0.2) is 4.52 Å². The number of aromatic nitrogens is 4. The van der Waals surface area contributed by atoms with Gasteiger partial charge < -0.3 is 9.88 Å². The lowest BCUT2D eigenvalue weighted by Crippen LogP contribution is -2.24. The highest BCUT2D eigenvalue weighted by Gasteiger charge is 2.12. The van der Waals surface area contributed by atoms with Crippen LogP contribution in [0.4, 0.5) is 0 Å². The molecule has 1 N–H and O–H groups in total. The van der Waals surface area contributed by atoms with Crippen molar-refractivity contribution in [3.05, 3.63) is 76.5 Å². The van der Waals surface area contributed by atoms with Gasteiger partial charge in [-0.3, -0.25) is 14.6 Å². The van der Waals surface area contributed by atoms with Crippen LogP contribution < -0.4 is 10.9 Å². The second kappa shape index (κ2) is 5.86. The second-order valence-corrected chi connectivity index (χ2v) is 5.70. The zero-order valence-corrected chi connectivity index (χ0v) is 13.5. The van der Waals surface area contributed by atoms with Crippen molar-refractivity contribution in [1.29, 1.82) is 0 Å². The normalized spacial score (nSPS) is 11.1. The van der Waals surface area contributed by atoms with E-state index in [1.165, 1.54) is 4.57 Å². The number of hydrogen-bond donors (Lipinski definition) is 1. The zero-order chi connectivity index (χ0) is 17.4. The fourth-order valence-corrected chi connectivity index (χ4v) is 2.83. The first-order valence-corrected chi connectivity index (χ1v) is 7.80. The van der Waals surface area contributed by atoms with Crippen LogP contribution in [0.5, 0.6) is 0 Å². The molecule has 1 amide bonds. The highest BCUT2D eigenvalue weighted by atomic mass is 16.1. The average molecular weight is 333 g/mol. The number of aryl methyl sites for hydroxylation is 1. The van der Waals surface area contributed by atoms with Crippen LogP contribution in [0.2, 0.25) is 0 Å². The van der Waals surface area contributed by atoms with Crippen molar-refractivity contribution < 1.29 is 4.79 Å². The predicted octanol–water partition coefficient (Wildman–Crippen LogP) is 1.51. The van der Waals surface area contributed by atoms with Crippen LogP contribution >= 0.6 is 0 Å². The number of nitrogens with zero attached hydrogens (tertiary/aromatic N) is 4. The minimum absolute atomic E-state index is 0.156. The third kappa shape index (κ3) is 2.55. The van der Waals surface area contributed by atoms with Gasteiger partial charge in [-0.15, -0.1) is 0 Å². The summed E-state index contributed by atoms with van der Waals surface area (Å²) in [6, 6.07) is 12.4. The number of carbonyl (C=O) groups excluding carboxylic acids is 1. The average Bonchev–Trinajstić information content (AvgIpc) is 3.14. The molecule has 7 heteroatoms. The van der Waals surface area contributed by atoms with Crippen LogP contribution in [0.15, 0.2) is 59.7 Å². The number of amides is 1. The van der Waals surface area contributed by atoms with E-state index in [1.54, 1.807) is 48.2 Å². The number of carbonyl (C=O) groups is 1. The van der Waals surface area contributed by atoms with Gasteiger partial charge in [0.05, 0.1) is 29.5 Å². The Hall–Kier alpha value is -3.48. The van der Waals surface area contributed by atoms with Crippen molar-refractivity contribution >= 4 is 22.5 Å². The van der Waals surface area contributed by atoms with Gasteiger partial charge in [0, 0.05) is 18.8 Å². The lowest BCUT2D eigenvalue weighted by atomic mass is 10.1. The van der Waals surface area contributed by atoms with E-state index in [-0.39, 0.29) is 11.5 Å². The molecule has 0 aliphatic heterocycles. The van der Waals surface area contributed by atoms with E-state index in [9.17, 15) is 9.59 Å². The summed E-state index contributed by atoms with van der Waals surface area (Å²) in [6.45, 7) is 0.342. The van der Waals surface area contributed by atoms with Crippen LogP contribution in [-0.4, -0.2) is 25.1 Å². The fraction of sp³-hybridized carbons (Fsp3) is 0.111. The Balaban J connectivity index is 1.71. The lowest BCUT2D eigenvalue weighted by Gasteiger charge is -2.10. The Labute approximate surface area is 142 Å². The van der Waals surface area contributed by atoms with E-state index in [0.29, 0.717) is 23.1 Å². The Morgan fingerprint density at radius 2 is 1.96 bits per heavy atom. The molecule has 0 atom stereocenters. The van der Waals surface area contributed by atoms with Gasteiger partial charge in [0.25, 0.3) is 11.5 Å². The summed E-state index contributed by atoms with van der Waals surface area (Å²) in [4.78, 5) is 29.0. The molecule has 0 bridgehead atoms. The van der Waals surface area contributed by atoms with Crippen molar-refractivity contribution in [3.63, 3.8) is 0 Å². The number of pyridine rings is 1. The number of rotatable bonds is 3. The maximum atomic E-state index is 12.4. The lowest BCUT2D eigenvalue weighted by molar-refractivity contribution is 0.0950. The monoisotopic (exact) mass is 333 g/mol. The van der Waals surface area contributed by atoms with Crippen molar-refractivity contribution in [2.45, 2.75) is 6.54 Å². The topological polar surface area (TPSA) is 81.3 Å². The number of benzene rings is 1. The molecule has 4 rings (SSSR count). The van der Waals surface area contributed by atoms with E-state index >= 15 is 0 Å². The minimum atomic E-state index is -0.222. The molecule has 1 aromatic carbocycles. The highest BCUT2D eigenvalue weighted by molar-refractivity contribution is 5.97. The van der Waals surface area contributed by atoms with Crippen LogP contribution in [0.25, 0.3) is 16.6 Å². The molecule has 0 saturated carbocycles. The summed E-state index contributed by atoms with van der Waals surface area (Å²) >= 11 is 0. The van der Waals surface area contributed by atoms with Crippen LogP contribution in [0.3, 0.4) is 0 Å². The largest absolute Gasteiger partial charge is 0.346 e. The van der Waals surface area contributed by atoms with Gasteiger partial charge in [-0.2, -0.15) is 5.10 Å². The summed E-state index contributed by atoms with van der Waals surface area (Å²) in [5.74, 6) is -0.222. The summed E-state index contributed by atoms with van der Waals surface area (Å²) in [6.07, 6.45) is 3.27. The van der Waals surface area contributed by atoms with Crippen LogP contribution in [0.1, 0.15) is 16.1 Å². The first-order valence-electron chi connectivity index (χ1n) is 7.80. The predicted molar refractivity (Wildman–Crippen MR) is 93.3 cm³/mol. The molecule has 0 unspecified atom stereocenters. The number of fused-ring (bicyclic) bond motifs is 3. The van der Waals surface area contributed by atoms with Gasteiger partial charge >= 0.3 is 0 Å². The Bertz CT molecular complexity index is 1140. The first kappa shape index (κ1) is 15.1. The quantitative estimate of drug-likeness (QED) is 0.616. The molecule has 0 aliphatic carbocycles. The van der Waals surface area contributed by atoms with E-state index in [4.69, 9.17) is 0 Å². The molecule has 7 nitrogen and oxygen atoms in total. The molecule has 3 heterocycles. The third-order valence-corrected chi connectivity index (χ3v) is 4.15. The Morgan fingerprint density at radius 1 is 1.08 bits per heavy atom. The molecule has 25 heavy (non-hydrogen) atoms. The molecule has 0 aliphatic rings. The number of nitrogens with one attached hydrogen (secondary N) is 1. The molecule has 0 spiro atoms. The molecule has 0 fully saturated rings. The molecule has 4 aromatic rings. The van der Waals surface area contributed by atoms with E-state index in [1.807, 2.05) is 18.2 Å². The molecule has 124 valence electrons. The van der Waals surface area contributed by atoms with E-state index in [0.717, 1.165) is 11.2 Å². The third-order valence-electron chi connectivity index (χ3n) is 4.15. The highest BCUT2D eigenvalue weighted by Crippen LogP contribution is 2.15. The van der Waals surface area contributed by atoms with Crippen LogP contribution in [-0.2, 0) is 13.6 Å². The van der Waals surface area contributed by atoms with Gasteiger partial charge in [-0.1, -0.05) is 6.07 Å². The molecule has 0 radical (unpaired) electrons. The van der Waals surface area contributed by atoms with Crippen molar-refractivity contribution in [1.82, 2.24) is 24.5 Å². The van der Waals surface area contributed by atoms with Gasteiger partial charge in [0.15, 0.2) is 0 Å². The Morgan fingerprint density at radius 3 is 2.76 bits per heavy atom. The van der Waals surface area contributed by atoms with E-state index < -0.39 is 0 Å². The zero-order valence-electron chi connectivity index (χ0n) is 13.5. The van der Waals surface area contributed by atoms with Crippen molar-refractivity contribution in [2.75, 3.05) is 0 Å². The summed E-state index contributed by atoms with van der Waals surface area (Å²) in [5.41, 5.74) is 3.01. The minimum Gasteiger partial charge on any atom is -0.346 e. The molecular formula is C18H15N5O2. The number of hydrogen-bond acceptors (Lipinski definition) is 4. The van der Waals surface area contributed by atoms with Gasteiger partial charge in [0.1, 0.15) is 5.52 Å². The van der Waals surface area contributed by atoms with E-state index in [2.05, 4.69) is 15.4 Å². The molecule has 0 saturated heterocycles. The summed E-state index contributed by atoms with van der Waals surface area (Å²) < 4.78 is 3.12. The molecule has 3 aromatic heterocycles. The maximum Gasteiger partial charge on any atom is 0.276 e. The van der Waals surface area contributed by atoms with Crippen LogP contribution in [0, 0.1) is 0 Å².